The molecule has 0 aliphatic heterocycles. The van der Waals surface area contributed by atoms with Gasteiger partial charge in [0.05, 0.1) is 10.6 Å². The third-order valence-corrected chi connectivity index (χ3v) is 4.34. The van der Waals surface area contributed by atoms with Crippen LogP contribution in [0.5, 0.6) is 5.75 Å². The third kappa shape index (κ3) is 3.23. The van der Waals surface area contributed by atoms with Crippen molar-refractivity contribution in [1.29, 1.82) is 0 Å². The lowest BCUT2D eigenvalue weighted by Crippen LogP contribution is -1.95. The van der Waals surface area contributed by atoms with Gasteiger partial charge in [-0.25, -0.2) is 4.98 Å². The Kier molecular flexibility index (Phi) is 3.88. The van der Waals surface area contributed by atoms with Gasteiger partial charge in [-0.15, -0.1) is 11.3 Å². The fraction of sp³-hybridized carbons (Fsp3) is 0.118. The Bertz CT molecular complexity index is 720. The molecule has 0 fully saturated rings. The zero-order chi connectivity index (χ0) is 14.7. The van der Waals surface area contributed by atoms with Crippen molar-refractivity contribution in [2.75, 3.05) is 5.73 Å². The Morgan fingerprint density at radius 2 is 1.76 bits per heavy atom. The number of hydrogen-bond acceptors (Lipinski definition) is 4. The number of rotatable bonds is 4. The van der Waals surface area contributed by atoms with Crippen molar-refractivity contribution in [3.8, 4) is 16.3 Å². The van der Waals surface area contributed by atoms with E-state index in [1.165, 1.54) is 0 Å². The van der Waals surface area contributed by atoms with Gasteiger partial charge in [-0.1, -0.05) is 30.3 Å². The van der Waals surface area contributed by atoms with Crippen molar-refractivity contribution in [2.45, 2.75) is 13.5 Å². The molecule has 4 heteroatoms. The smallest absolute Gasteiger partial charge is 0.124 e. The van der Waals surface area contributed by atoms with Crippen molar-refractivity contribution in [3.05, 3.63) is 65.2 Å². The number of nitrogens with two attached hydrogens (primary N) is 1. The molecular formula is C17H16N2OS. The maximum absolute atomic E-state index is 5.79. The Hall–Kier alpha value is -2.33. The molecule has 0 radical (unpaired) electrons. The summed E-state index contributed by atoms with van der Waals surface area (Å²) in [6.45, 7) is 2.55. The van der Waals surface area contributed by atoms with Gasteiger partial charge in [0.15, 0.2) is 0 Å². The predicted molar refractivity (Wildman–Crippen MR) is 87.5 cm³/mol. The minimum Gasteiger partial charge on any atom is -0.488 e. The van der Waals surface area contributed by atoms with Crippen molar-refractivity contribution < 1.29 is 4.74 Å². The molecule has 0 unspecified atom stereocenters. The van der Waals surface area contributed by atoms with Crippen LogP contribution in [-0.2, 0) is 6.61 Å². The SMILES string of the molecule is Cc1nc(-c2ccccc2)sc1COc1ccc(N)cc1. The van der Waals surface area contributed by atoms with E-state index in [-0.39, 0.29) is 0 Å². The fourth-order valence-corrected chi connectivity index (χ4v) is 2.96. The molecule has 1 heterocycles. The number of aromatic nitrogens is 1. The number of anilines is 1. The molecule has 0 atom stereocenters. The quantitative estimate of drug-likeness (QED) is 0.731. The second-order valence-corrected chi connectivity index (χ2v) is 5.83. The van der Waals surface area contributed by atoms with Crippen LogP contribution < -0.4 is 10.5 Å². The summed E-state index contributed by atoms with van der Waals surface area (Å²) >= 11 is 1.67. The minimum absolute atomic E-state index is 0.528. The number of ether oxygens (including phenoxy) is 1. The van der Waals surface area contributed by atoms with E-state index in [1.807, 2.05) is 49.4 Å². The van der Waals surface area contributed by atoms with Crippen LogP contribution in [0.2, 0.25) is 0 Å². The highest BCUT2D eigenvalue weighted by atomic mass is 32.1. The number of nitrogen functional groups attached to an aromatic ring is 1. The van der Waals surface area contributed by atoms with E-state index < -0.39 is 0 Å². The Balaban J connectivity index is 1.74. The van der Waals surface area contributed by atoms with E-state index in [0.717, 1.165) is 32.6 Å². The molecule has 106 valence electrons. The van der Waals surface area contributed by atoms with Gasteiger partial charge < -0.3 is 10.5 Å². The van der Waals surface area contributed by atoms with Crippen molar-refractivity contribution in [2.24, 2.45) is 0 Å². The largest absolute Gasteiger partial charge is 0.488 e. The molecule has 0 saturated heterocycles. The number of benzene rings is 2. The molecule has 2 aromatic carbocycles. The first-order valence-corrected chi connectivity index (χ1v) is 7.54. The van der Waals surface area contributed by atoms with Gasteiger partial charge in [-0.05, 0) is 31.2 Å². The zero-order valence-electron chi connectivity index (χ0n) is 11.7. The summed E-state index contributed by atoms with van der Waals surface area (Å²) in [6.07, 6.45) is 0. The highest BCUT2D eigenvalue weighted by molar-refractivity contribution is 7.15. The van der Waals surface area contributed by atoms with Crippen LogP contribution in [0.3, 0.4) is 0 Å². The molecule has 0 aliphatic carbocycles. The maximum Gasteiger partial charge on any atom is 0.124 e. The summed E-state index contributed by atoms with van der Waals surface area (Å²) in [5.74, 6) is 0.818. The van der Waals surface area contributed by atoms with E-state index in [9.17, 15) is 0 Å². The first kappa shape index (κ1) is 13.6. The maximum atomic E-state index is 5.79. The van der Waals surface area contributed by atoms with Crippen LogP contribution in [0.25, 0.3) is 10.6 Å². The Labute approximate surface area is 128 Å². The highest BCUT2D eigenvalue weighted by Crippen LogP contribution is 2.28. The van der Waals surface area contributed by atoms with E-state index in [2.05, 4.69) is 17.1 Å². The van der Waals surface area contributed by atoms with Gasteiger partial charge in [-0.2, -0.15) is 0 Å². The fourth-order valence-electron chi connectivity index (χ4n) is 1.98. The van der Waals surface area contributed by atoms with Gasteiger partial charge in [0.1, 0.15) is 17.4 Å². The molecular weight excluding hydrogens is 280 g/mol. The van der Waals surface area contributed by atoms with Crippen LogP contribution in [0.1, 0.15) is 10.6 Å². The minimum atomic E-state index is 0.528. The van der Waals surface area contributed by atoms with E-state index >= 15 is 0 Å². The van der Waals surface area contributed by atoms with Crippen LogP contribution in [0, 0.1) is 6.92 Å². The van der Waals surface area contributed by atoms with E-state index in [4.69, 9.17) is 10.5 Å². The second kappa shape index (κ2) is 5.97. The van der Waals surface area contributed by atoms with Crippen molar-refractivity contribution in [1.82, 2.24) is 4.98 Å². The lowest BCUT2D eigenvalue weighted by Gasteiger charge is -2.05. The summed E-state index contributed by atoms with van der Waals surface area (Å²) in [6, 6.07) is 17.6. The third-order valence-electron chi connectivity index (χ3n) is 3.16. The molecule has 0 aliphatic rings. The molecule has 3 aromatic rings. The number of nitrogens with zero attached hydrogens (tertiary/aromatic N) is 1. The number of thiazole rings is 1. The molecule has 0 spiro atoms. The number of hydrogen-bond donors (Lipinski definition) is 1. The summed E-state index contributed by atoms with van der Waals surface area (Å²) in [4.78, 5) is 5.77. The van der Waals surface area contributed by atoms with Gasteiger partial charge in [-0.3, -0.25) is 0 Å². The normalized spacial score (nSPS) is 10.5. The van der Waals surface area contributed by atoms with Crippen LogP contribution in [0.15, 0.2) is 54.6 Å². The molecule has 3 rings (SSSR count). The average molecular weight is 296 g/mol. The molecule has 0 bridgehead atoms. The first-order valence-electron chi connectivity index (χ1n) is 6.72. The second-order valence-electron chi connectivity index (χ2n) is 4.75. The van der Waals surface area contributed by atoms with Gasteiger partial charge in [0, 0.05) is 11.3 Å². The van der Waals surface area contributed by atoms with Crippen LogP contribution >= 0.6 is 11.3 Å². The number of aryl methyl sites for hydroxylation is 1. The summed E-state index contributed by atoms with van der Waals surface area (Å²) < 4.78 is 5.79. The molecule has 21 heavy (non-hydrogen) atoms. The monoisotopic (exact) mass is 296 g/mol. The highest BCUT2D eigenvalue weighted by Gasteiger charge is 2.09. The topological polar surface area (TPSA) is 48.1 Å². The molecule has 0 amide bonds. The lowest BCUT2D eigenvalue weighted by atomic mass is 10.2. The molecule has 2 N–H and O–H groups in total. The van der Waals surface area contributed by atoms with Crippen molar-refractivity contribution >= 4 is 17.0 Å². The van der Waals surface area contributed by atoms with Gasteiger partial charge >= 0.3 is 0 Å². The first-order chi connectivity index (χ1) is 10.2. The Morgan fingerprint density at radius 3 is 2.48 bits per heavy atom. The van der Waals surface area contributed by atoms with Crippen LogP contribution in [-0.4, -0.2) is 4.98 Å². The summed E-state index contributed by atoms with van der Waals surface area (Å²) in [5.41, 5.74) is 8.57. The van der Waals surface area contributed by atoms with Gasteiger partial charge in [0.2, 0.25) is 0 Å². The zero-order valence-corrected chi connectivity index (χ0v) is 12.6. The molecule has 0 saturated carbocycles. The van der Waals surface area contributed by atoms with Crippen LogP contribution in [0.4, 0.5) is 5.69 Å². The molecule has 3 nitrogen and oxygen atoms in total. The predicted octanol–water partition coefficient (Wildman–Crippen LogP) is 4.28. The van der Waals surface area contributed by atoms with E-state index in [0.29, 0.717) is 6.61 Å². The summed E-state index contributed by atoms with van der Waals surface area (Å²) in [7, 11) is 0. The standard InChI is InChI=1S/C17H16N2OS/c1-12-16(11-20-15-9-7-14(18)8-10-15)21-17(19-12)13-5-3-2-4-6-13/h2-10H,11,18H2,1H3. The summed E-state index contributed by atoms with van der Waals surface area (Å²) in [5, 5.41) is 1.03. The molecule has 1 aromatic heterocycles. The van der Waals surface area contributed by atoms with Crippen molar-refractivity contribution in [3.63, 3.8) is 0 Å². The lowest BCUT2D eigenvalue weighted by molar-refractivity contribution is 0.309. The van der Waals surface area contributed by atoms with Gasteiger partial charge in [0.25, 0.3) is 0 Å². The Morgan fingerprint density at radius 1 is 1.05 bits per heavy atom. The average Bonchev–Trinajstić information content (AvgIpc) is 2.89. The van der Waals surface area contributed by atoms with E-state index in [1.54, 1.807) is 11.3 Å².